The van der Waals surface area contributed by atoms with E-state index in [0.717, 1.165) is 39.2 Å². The van der Waals surface area contributed by atoms with Crippen LogP contribution in [0.4, 0.5) is 11.5 Å². The molecule has 0 saturated carbocycles. The molecule has 0 spiro atoms. The lowest BCUT2D eigenvalue weighted by molar-refractivity contribution is 0.740. The third-order valence-corrected chi connectivity index (χ3v) is 11.0. The fourth-order valence-corrected chi connectivity index (χ4v) is 8.55. The van der Waals surface area contributed by atoms with E-state index in [9.17, 15) is 0 Å². The number of aromatic nitrogens is 4. The van der Waals surface area contributed by atoms with Crippen molar-refractivity contribution in [3.05, 3.63) is 194 Å². The van der Waals surface area contributed by atoms with Crippen molar-refractivity contribution < 1.29 is 0 Å². The second-order valence-electron chi connectivity index (χ2n) is 14.0. The molecule has 0 N–H and O–H groups in total. The maximum absolute atomic E-state index is 5.56. The van der Waals surface area contributed by atoms with Crippen LogP contribution in [0.2, 0.25) is 0 Å². The molecular formula is C49H33N5. The van der Waals surface area contributed by atoms with Gasteiger partial charge in [-0.3, -0.25) is 0 Å². The summed E-state index contributed by atoms with van der Waals surface area (Å²) in [5.41, 5.74) is 10.9. The Labute approximate surface area is 312 Å². The van der Waals surface area contributed by atoms with Crippen molar-refractivity contribution in [2.24, 2.45) is 0 Å². The van der Waals surface area contributed by atoms with Crippen molar-refractivity contribution in [1.82, 2.24) is 19.5 Å². The zero-order chi connectivity index (χ0) is 35.6. The first-order valence-electron chi connectivity index (χ1n) is 18.4. The minimum Gasteiger partial charge on any atom is -0.316 e. The Morgan fingerprint density at radius 2 is 1.26 bits per heavy atom. The Kier molecular flexibility index (Phi) is 6.92. The Hall–Kier alpha value is -7.11. The molecule has 11 rings (SSSR count). The summed E-state index contributed by atoms with van der Waals surface area (Å²) in [5, 5.41) is 4.65. The molecule has 0 saturated heterocycles. The fourth-order valence-electron chi connectivity index (χ4n) is 8.55. The Morgan fingerprint density at radius 1 is 0.519 bits per heavy atom. The molecule has 5 heteroatoms. The molecule has 0 fully saturated rings. The average Bonchev–Trinajstić information content (AvgIpc) is 3.77. The molecule has 2 atom stereocenters. The van der Waals surface area contributed by atoms with Gasteiger partial charge in [-0.1, -0.05) is 152 Å². The Morgan fingerprint density at radius 3 is 2.13 bits per heavy atom. The molecule has 1 aliphatic heterocycles. The molecule has 254 valence electrons. The second-order valence-corrected chi connectivity index (χ2v) is 14.0. The van der Waals surface area contributed by atoms with Crippen LogP contribution in [-0.4, -0.2) is 25.6 Å². The van der Waals surface area contributed by atoms with Crippen LogP contribution in [0.25, 0.3) is 72.2 Å². The van der Waals surface area contributed by atoms with Gasteiger partial charge in [0.05, 0.1) is 34.2 Å². The molecule has 0 bridgehead atoms. The molecule has 6 aromatic carbocycles. The van der Waals surface area contributed by atoms with E-state index in [-0.39, 0.29) is 12.0 Å². The van der Waals surface area contributed by atoms with Crippen LogP contribution >= 0.6 is 0 Å². The Balaban J connectivity index is 1.19. The van der Waals surface area contributed by atoms with Crippen molar-refractivity contribution in [2.45, 2.75) is 12.0 Å². The summed E-state index contributed by atoms with van der Waals surface area (Å²) in [6.45, 7) is 0. The van der Waals surface area contributed by atoms with E-state index in [1.165, 1.54) is 44.2 Å². The van der Waals surface area contributed by atoms with E-state index in [0.29, 0.717) is 5.82 Å². The number of para-hydroxylation sites is 1. The number of fused-ring (bicyclic) bond motifs is 8. The first-order chi connectivity index (χ1) is 26.8. The molecule has 0 radical (unpaired) electrons. The van der Waals surface area contributed by atoms with E-state index in [1.54, 1.807) is 0 Å². The smallest absolute Gasteiger partial charge is 0.159 e. The number of pyridine rings is 1. The number of hydrogen-bond acceptors (Lipinski definition) is 4. The molecule has 3 aromatic heterocycles. The normalized spacial score (nSPS) is 16.0. The minimum absolute atomic E-state index is 0.0363. The lowest BCUT2D eigenvalue weighted by Gasteiger charge is -2.29. The quantitative estimate of drug-likeness (QED) is 0.180. The summed E-state index contributed by atoms with van der Waals surface area (Å²) in [5.74, 6) is 1.75. The highest BCUT2D eigenvalue weighted by atomic mass is 15.3. The maximum Gasteiger partial charge on any atom is 0.159 e. The monoisotopic (exact) mass is 691 g/mol. The van der Waals surface area contributed by atoms with Crippen LogP contribution in [0.1, 0.15) is 11.5 Å². The van der Waals surface area contributed by atoms with Crippen molar-refractivity contribution in [1.29, 1.82) is 0 Å². The van der Waals surface area contributed by atoms with Gasteiger partial charge in [0.1, 0.15) is 5.82 Å². The lowest BCUT2D eigenvalue weighted by atomic mass is 9.91. The first-order valence-corrected chi connectivity index (χ1v) is 18.4. The van der Waals surface area contributed by atoms with Crippen LogP contribution in [0.15, 0.2) is 188 Å². The fraction of sp³-hybridized carbons (Fsp3) is 0.0408. The zero-order valence-electron chi connectivity index (χ0n) is 29.3. The van der Waals surface area contributed by atoms with E-state index in [4.69, 9.17) is 9.97 Å². The van der Waals surface area contributed by atoms with Crippen LogP contribution < -0.4 is 4.90 Å². The largest absolute Gasteiger partial charge is 0.316 e. The van der Waals surface area contributed by atoms with Crippen molar-refractivity contribution in [3.63, 3.8) is 0 Å². The second kappa shape index (κ2) is 12.2. The van der Waals surface area contributed by atoms with Crippen molar-refractivity contribution >= 4 is 44.1 Å². The lowest BCUT2D eigenvalue weighted by Crippen LogP contribution is -2.29. The maximum atomic E-state index is 5.56. The van der Waals surface area contributed by atoms with E-state index < -0.39 is 0 Å². The van der Waals surface area contributed by atoms with Gasteiger partial charge in [-0.2, -0.15) is 0 Å². The molecule has 2 aliphatic rings. The van der Waals surface area contributed by atoms with Gasteiger partial charge in [0.2, 0.25) is 0 Å². The van der Waals surface area contributed by atoms with Gasteiger partial charge >= 0.3 is 0 Å². The highest BCUT2D eigenvalue weighted by molar-refractivity contribution is 6.16. The minimum atomic E-state index is 0.0363. The average molecular weight is 692 g/mol. The third-order valence-electron chi connectivity index (χ3n) is 11.0. The summed E-state index contributed by atoms with van der Waals surface area (Å²) < 4.78 is 2.47. The SMILES string of the molecule is C1=CC2c3ccc4c5ccccc5n(-c5cccc(-c6ccccc6)c5)c4c3N(c3nc(-c4ccnc(-c5ccccc5)n4)cc4ccccc34)C2C=C1. The van der Waals surface area contributed by atoms with Crippen LogP contribution in [0, 0.1) is 0 Å². The zero-order valence-corrected chi connectivity index (χ0v) is 29.3. The molecule has 2 unspecified atom stereocenters. The number of anilines is 2. The summed E-state index contributed by atoms with van der Waals surface area (Å²) in [6, 6.07) is 55.9. The summed E-state index contributed by atoms with van der Waals surface area (Å²) in [6.07, 6.45) is 10.9. The van der Waals surface area contributed by atoms with Crippen LogP contribution in [-0.2, 0) is 0 Å². The molecular weight excluding hydrogens is 659 g/mol. The molecule has 9 aromatic rings. The van der Waals surface area contributed by atoms with Crippen LogP contribution in [0.5, 0.6) is 0 Å². The highest BCUT2D eigenvalue weighted by Crippen LogP contribution is 2.53. The van der Waals surface area contributed by atoms with E-state index in [2.05, 4.69) is 160 Å². The van der Waals surface area contributed by atoms with E-state index >= 15 is 0 Å². The predicted octanol–water partition coefficient (Wildman–Crippen LogP) is 11.9. The number of hydrogen-bond donors (Lipinski definition) is 0. The van der Waals surface area contributed by atoms with Gasteiger partial charge in [0.15, 0.2) is 5.82 Å². The molecule has 0 amide bonds. The summed E-state index contributed by atoms with van der Waals surface area (Å²) >= 11 is 0. The molecule has 54 heavy (non-hydrogen) atoms. The van der Waals surface area contributed by atoms with E-state index in [1.807, 2.05) is 42.6 Å². The number of benzene rings is 6. The first kappa shape index (κ1) is 30.5. The summed E-state index contributed by atoms with van der Waals surface area (Å²) in [4.78, 5) is 17.8. The molecule has 4 heterocycles. The van der Waals surface area contributed by atoms with Gasteiger partial charge in [0.25, 0.3) is 0 Å². The van der Waals surface area contributed by atoms with Crippen molar-refractivity contribution in [2.75, 3.05) is 4.90 Å². The highest BCUT2D eigenvalue weighted by Gasteiger charge is 2.41. The van der Waals surface area contributed by atoms with Gasteiger partial charge in [-0.15, -0.1) is 0 Å². The summed E-state index contributed by atoms with van der Waals surface area (Å²) in [7, 11) is 0. The van der Waals surface area contributed by atoms with Gasteiger partial charge in [-0.25, -0.2) is 15.0 Å². The predicted molar refractivity (Wildman–Crippen MR) is 221 cm³/mol. The van der Waals surface area contributed by atoms with Gasteiger partial charge < -0.3 is 9.47 Å². The van der Waals surface area contributed by atoms with Crippen LogP contribution in [0.3, 0.4) is 0 Å². The Bertz CT molecular complexity index is 2960. The number of rotatable bonds is 5. The third kappa shape index (κ3) is 4.75. The molecule has 5 nitrogen and oxygen atoms in total. The number of nitrogens with zero attached hydrogens (tertiary/aromatic N) is 5. The standard InChI is InChI=1S/C49H33N5/c1-3-14-32(15-4-1)34-19-13-20-36(30-34)53-44-24-11-9-22-38(44)40-26-27-41-39-23-10-12-25-45(39)54(47(41)46(40)53)49-37-21-8-7-18-35(37)31-43(52-49)42-28-29-50-48(51-42)33-16-5-2-6-17-33/h1-31,39,45H. The van der Waals surface area contributed by atoms with Gasteiger partial charge in [0, 0.05) is 39.5 Å². The van der Waals surface area contributed by atoms with Crippen molar-refractivity contribution in [3.8, 4) is 39.6 Å². The van der Waals surface area contributed by atoms with Gasteiger partial charge in [-0.05, 0) is 52.4 Å². The number of allylic oxidation sites excluding steroid dienone is 2. The topological polar surface area (TPSA) is 46.8 Å². The molecule has 1 aliphatic carbocycles.